The number of imide groups is 1. The lowest BCUT2D eigenvalue weighted by molar-refractivity contribution is -0.123. The van der Waals surface area contributed by atoms with Gasteiger partial charge in [-0.2, -0.15) is 0 Å². The van der Waals surface area contributed by atoms with Crippen molar-refractivity contribution in [2.24, 2.45) is 11.8 Å². The van der Waals surface area contributed by atoms with Gasteiger partial charge in [0.05, 0.1) is 17.5 Å². The van der Waals surface area contributed by atoms with Gasteiger partial charge in [0.2, 0.25) is 11.8 Å². The van der Waals surface area contributed by atoms with Crippen LogP contribution in [0.1, 0.15) is 35.1 Å². The molecule has 2 bridgehead atoms. The normalized spacial score (nSPS) is 29.5. The lowest BCUT2D eigenvalue weighted by atomic mass is 9.48. The predicted molar refractivity (Wildman–Crippen MR) is 107 cm³/mol. The van der Waals surface area contributed by atoms with E-state index in [0.29, 0.717) is 5.69 Å². The van der Waals surface area contributed by atoms with Crippen LogP contribution < -0.4 is 4.90 Å². The Hall–Kier alpha value is -3.20. The van der Waals surface area contributed by atoms with Crippen molar-refractivity contribution in [1.29, 1.82) is 0 Å². The molecule has 0 N–H and O–H groups in total. The van der Waals surface area contributed by atoms with Crippen LogP contribution in [-0.4, -0.2) is 11.8 Å². The van der Waals surface area contributed by atoms with Gasteiger partial charge in [-0.15, -0.1) is 0 Å². The Morgan fingerprint density at radius 3 is 1.86 bits per heavy atom. The van der Waals surface area contributed by atoms with E-state index in [2.05, 4.69) is 31.2 Å². The zero-order valence-electron chi connectivity index (χ0n) is 15.5. The van der Waals surface area contributed by atoms with Gasteiger partial charge >= 0.3 is 0 Å². The van der Waals surface area contributed by atoms with Crippen LogP contribution in [-0.2, 0) is 15.0 Å². The van der Waals surface area contributed by atoms with E-state index >= 15 is 0 Å². The second-order valence-corrected chi connectivity index (χ2v) is 8.21. The number of hydrogen-bond donors (Lipinski definition) is 0. The third-order valence-corrected chi connectivity index (χ3v) is 7.06. The zero-order chi connectivity index (χ0) is 19.0. The molecule has 3 aromatic rings. The standard InChI is InChI=1S/C25H19NO2/c1-25-18-13-7-5-11-16(18)20(17-12-6-8-14-19(17)25)21-22(25)24(28)26(23(21)27)15-9-3-2-4-10-15/h2-14,20-22H,1H3. The topological polar surface area (TPSA) is 37.4 Å². The molecular weight excluding hydrogens is 346 g/mol. The number of anilines is 1. The molecule has 2 amide bonds. The maximum absolute atomic E-state index is 13.7. The summed E-state index contributed by atoms with van der Waals surface area (Å²) in [6, 6.07) is 26.0. The van der Waals surface area contributed by atoms with Gasteiger partial charge in [0.15, 0.2) is 0 Å². The van der Waals surface area contributed by atoms with Crippen molar-refractivity contribution < 1.29 is 9.59 Å². The molecule has 2 unspecified atom stereocenters. The van der Waals surface area contributed by atoms with Crippen molar-refractivity contribution in [2.75, 3.05) is 4.90 Å². The molecule has 3 heteroatoms. The smallest absolute Gasteiger partial charge is 0.238 e. The van der Waals surface area contributed by atoms with Crippen LogP contribution in [0.5, 0.6) is 0 Å². The van der Waals surface area contributed by atoms with E-state index in [1.807, 2.05) is 54.6 Å². The maximum Gasteiger partial charge on any atom is 0.238 e. The Bertz CT molecular complexity index is 1100. The summed E-state index contributed by atoms with van der Waals surface area (Å²) < 4.78 is 0. The Morgan fingerprint density at radius 1 is 0.714 bits per heavy atom. The number of carbonyl (C=O) groups excluding carboxylic acids is 2. The monoisotopic (exact) mass is 365 g/mol. The van der Waals surface area contributed by atoms with E-state index in [-0.39, 0.29) is 29.6 Å². The lowest BCUT2D eigenvalue weighted by Gasteiger charge is -2.52. The molecular formula is C25H19NO2. The van der Waals surface area contributed by atoms with Gasteiger partial charge in [0.1, 0.15) is 0 Å². The summed E-state index contributed by atoms with van der Waals surface area (Å²) in [6.07, 6.45) is 0. The van der Waals surface area contributed by atoms with Crippen molar-refractivity contribution in [1.82, 2.24) is 0 Å². The Labute approximate surface area is 163 Å². The average Bonchev–Trinajstić information content (AvgIpc) is 3.01. The summed E-state index contributed by atoms with van der Waals surface area (Å²) in [5.41, 5.74) is 4.94. The molecule has 0 saturated carbocycles. The van der Waals surface area contributed by atoms with Gasteiger partial charge < -0.3 is 0 Å². The van der Waals surface area contributed by atoms with Crippen LogP contribution in [0.3, 0.4) is 0 Å². The first-order valence-electron chi connectivity index (χ1n) is 9.75. The Balaban J connectivity index is 1.64. The first kappa shape index (κ1) is 15.8. The number of benzene rings is 3. The number of amides is 2. The van der Waals surface area contributed by atoms with Gasteiger partial charge in [-0.1, -0.05) is 73.7 Å². The average molecular weight is 365 g/mol. The first-order chi connectivity index (χ1) is 13.6. The molecule has 3 nitrogen and oxygen atoms in total. The molecule has 7 rings (SSSR count). The fourth-order valence-corrected chi connectivity index (χ4v) is 5.98. The van der Waals surface area contributed by atoms with Crippen molar-refractivity contribution >= 4 is 17.5 Å². The fourth-order valence-electron chi connectivity index (χ4n) is 5.98. The largest absolute Gasteiger partial charge is 0.274 e. The summed E-state index contributed by atoms with van der Waals surface area (Å²) >= 11 is 0. The van der Waals surface area contributed by atoms with Gasteiger partial charge in [0, 0.05) is 11.3 Å². The van der Waals surface area contributed by atoms with E-state index in [1.54, 1.807) is 0 Å². The maximum atomic E-state index is 13.7. The molecule has 1 fully saturated rings. The van der Waals surface area contributed by atoms with Crippen molar-refractivity contribution in [2.45, 2.75) is 18.3 Å². The van der Waals surface area contributed by atoms with Gasteiger partial charge in [0.25, 0.3) is 0 Å². The minimum absolute atomic E-state index is 0.0654. The van der Waals surface area contributed by atoms with Crippen molar-refractivity contribution in [3.63, 3.8) is 0 Å². The molecule has 136 valence electrons. The summed E-state index contributed by atoms with van der Waals surface area (Å²) in [4.78, 5) is 28.7. The van der Waals surface area contributed by atoms with Crippen LogP contribution in [0.25, 0.3) is 0 Å². The van der Waals surface area contributed by atoms with Crippen LogP contribution >= 0.6 is 0 Å². The summed E-state index contributed by atoms with van der Waals surface area (Å²) in [5, 5.41) is 0. The van der Waals surface area contributed by atoms with Crippen LogP contribution in [0.15, 0.2) is 78.9 Å². The SMILES string of the molecule is CC12c3ccccc3C(c3ccccc31)C1C(=O)N(c3ccccc3)C(=O)C12. The highest BCUT2D eigenvalue weighted by atomic mass is 16.2. The predicted octanol–water partition coefficient (Wildman–Crippen LogP) is 4.26. The molecule has 3 aliphatic carbocycles. The van der Waals surface area contributed by atoms with E-state index in [9.17, 15) is 9.59 Å². The van der Waals surface area contributed by atoms with E-state index < -0.39 is 5.41 Å². The summed E-state index contributed by atoms with van der Waals surface area (Å²) in [6.45, 7) is 2.15. The molecule has 0 spiro atoms. The third kappa shape index (κ3) is 1.66. The number of nitrogens with zero attached hydrogens (tertiary/aromatic N) is 1. The summed E-state index contributed by atoms with van der Waals surface area (Å²) in [7, 11) is 0. The second-order valence-electron chi connectivity index (χ2n) is 8.21. The van der Waals surface area contributed by atoms with Gasteiger partial charge in [-0.3, -0.25) is 9.59 Å². The molecule has 1 heterocycles. The first-order valence-corrected chi connectivity index (χ1v) is 9.75. The van der Waals surface area contributed by atoms with Crippen molar-refractivity contribution in [3.05, 3.63) is 101 Å². The third-order valence-electron chi connectivity index (χ3n) is 7.06. The summed E-state index contributed by atoms with van der Waals surface area (Å²) in [5.74, 6) is -0.916. The Kier molecular flexibility index (Phi) is 2.94. The molecule has 2 atom stereocenters. The molecule has 1 saturated heterocycles. The number of para-hydroxylation sites is 1. The van der Waals surface area contributed by atoms with E-state index in [0.717, 1.165) is 0 Å². The molecule has 0 radical (unpaired) electrons. The highest BCUT2D eigenvalue weighted by Gasteiger charge is 2.66. The highest BCUT2D eigenvalue weighted by Crippen LogP contribution is 2.64. The molecule has 0 aromatic heterocycles. The second kappa shape index (κ2) is 5.20. The quantitative estimate of drug-likeness (QED) is 0.605. The molecule has 28 heavy (non-hydrogen) atoms. The number of carbonyl (C=O) groups is 2. The molecule has 1 aliphatic heterocycles. The van der Waals surface area contributed by atoms with Crippen molar-refractivity contribution in [3.8, 4) is 0 Å². The lowest BCUT2D eigenvalue weighted by Crippen LogP contribution is -2.51. The molecule has 3 aromatic carbocycles. The zero-order valence-corrected chi connectivity index (χ0v) is 15.5. The van der Waals surface area contributed by atoms with E-state index in [4.69, 9.17) is 0 Å². The number of hydrogen-bond acceptors (Lipinski definition) is 2. The minimum Gasteiger partial charge on any atom is -0.274 e. The van der Waals surface area contributed by atoms with Gasteiger partial charge in [-0.05, 0) is 34.4 Å². The van der Waals surface area contributed by atoms with E-state index in [1.165, 1.54) is 27.2 Å². The molecule has 4 aliphatic rings. The van der Waals surface area contributed by atoms with Crippen LogP contribution in [0, 0.1) is 11.8 Å². The Morgan fingerprint density at radius 2 is 1.25 bits per heavy atom. The highest BCUT2D eigenvalue weighted by molar-refractivity contribution is 6.23. The minimum atomic E-state index is -0.497. The number of rotatable bonds is 1. The van der Waals surface area contributed by atoms with Gasteiger partial charge in [-0.25, -0.2) is 4.90 Å². The van der Waals surface area contributed by atoms with Crippen LogP contribution in [0.2, 0.25) is 0 Å². The van der Waals surface area contributed by atoms with Crippen LogP contribution in [0.4, 0.5) is 5.69 Å². The fraction of sp³-hybridized carbons (Fsp3) is 0.200.